The van der Waals surface area contributed by atoms with Gasteiger partial charge in [-0.1, -0.05) is 12.1 Å². The van der Waals surface area contributed by atoms with Gasteiger partial charge in [-0.05, 0) is 74.0 Å². The van der Waals surface area contributed by atoms with Crippen LogP contribution in [0.2, 0.25) is 0 Å². The maximum absolute atomic E-state index is 12.7. The number of hydrogen-bond acceptors (Lipinski definition) is 2. The molecule has 3 nitrogen and oxygen atoms in total. The molecule has 0 aromatic heterocycles. The summed E-state index contributed by atoms with van der Waals surface area (Å²) in [5.41, 5.74) is 1.14. The second-order valence-electron chi connectivity index (χ2n) is 8.46. The largest absolute Gasteiger partial charge is 0.411 e. The van der Waals surface area contributed by atoms with Crippen LogP contribution in [0.15, 0.2) is 24.3 Å². The predicted molar refractivity (Wildman–Crippen MR) is 90.5 cm³/mol. The SMILES string of the molecule is O=C(NC12CC3CC(CC(C3)C1)C2)c1ccc(COCC(F)(F)F)cc1. The molecule has 26 heavy (non-hydrogen) atoms. The summed E-state index contributed by atoms with van der Waals surface area (Å²) < 4.78 is 41.0. The Labute approximate surface area is 151 Å². The summed E-state index contributed by atoms with van der Waals surface area (Å²) in [6, 6.07) is 6.65. The van der Waals surface area contributed by atoms with Gasteiger partial charge in [0.25, 0.3) is 5.91 Å². The van der Waals surface area contributed by atoms with Crippen molar-refractivity contribution < 1.29 is 22.7 Å². The van der Waals surface area contributed by atoms with Crippen molar-refractivity contribution in [1.82, 2.24) is 5.32 Å². The normalized spacial score (nSPS) is 32.7. The van der Waals surface area contributed by atoms with Gasteiger partial charge in [0.15, 0.2) is 0 Å². The maximum atomic E-state index is 12.7. The molecule has 0 radical (unpaired) electrons. The highest BCUT2D eigenvalue weighted by molar-refractivity contribution is 5.94. The van der Waals surface area contributed by atoms with Crippen LogP contribution < -0.4 is 5.32 Å². The first-order valence-corrected chi connectivity index (χ1v) is 9.36. The quantitative estimate of drug-likeness (QED) is 0.834. The number of hydrogen-bond donors (Lipinski definition) is 1. The van der Waals surface area contributed by atoms with Crippen LogP contribution in [0.5, 0.6) is 0 Å². The molecule has 5 rings (SSSR count). The van der Waals surface area contributed by atoms with E-state index in [4.69, 9.17) is 0 Å². The molecular weight excluding hydrogens is 343 g/mol. The lowest BCUT2D eigenvalue weighted by Crippen LogP contribution is -2.59. The fourth-order valence-corrected chi connectivity index (χ4v) is 5.61. The predicted octanol–water partition coefficient (Wildman–Crippen LogP) is 4.46. The van der Waals surface area contributed by atoms with E-state index >= 15 is 0 Å². The van der Waals surface area contributed by atoms with Crippen LogP contribution in [0.4, 0.5) is 13.2 Å². The molecule has 142 valence electrons. The molecule has 0 unspecified atom stereocenters. The van der Waals surface area contributed by atoms with Crippen molar-refractivity contribution in [3.8, 4) is 0 Å². The van der Waals surface area contributed by atoms with Gasteiger partial charge in [0.2, 0.25) is 0 Å². The monoisotopic (exact) mass is 367 g/mol. The summed E-state index contributed by atoms with van der Waals surface area (Å²) in [5, 5.41) is 3.30. The number of alkyl halides is 3. The molecule has 1 N–H and O–H groups in total. The van der Waals surface area contributed by atoms with Crippen LogP contribution in [-0.4, -0.2) is 24.2 Å². The molecule has 0 atom stereocenters. The van der Waals surface area contributed by atoms with Gasteiger partial charge in [-0.2, -0.15) is 13.2 Å². The Balaban J connectivity index is 1.35. The van der Waals surface area contributed by atoms with Gasteiger partial charge in [-0.25, -0.2) is 0 Å². The van der Waals surface area contributed by atoms with E-state index in [2.05, 4.69) is 10.1 Å². The Hall–Kier alpha value is -1.56. The molecule has 0 aliphatic heterocycles. The molecule has 1 aromatic rings. The number of rotatable bonds is 5. The van der Waals surface area contributed by atoms with Crippen LogP contribution >= 0.6 is 0 Å². The van der Waals surface area contributed by atoms with E-state index in [9.17, 15) is 18.0 Å². The number of carbonyl (C=O) groups excluding carboxylic acids is 1. The Bertz CT molecular complexity index is 633. The summed E-state index contributed by atoms with van der Waals surface area (Å²) in [6.07, 6.45) is 2.92. The van der Waals surface area contributed by atoms with Gasteiger partial charge in [0, 0.05) is 11.1 Å². The Morgan fingerprint density at radius 3 is 2.08 bits per heavy atom. The molecule has 4 saturated carbocycles. The van der Waals surface area contributed by atoms with Gasteiger partial charge in [0.1, 0.15) is 6.61 Å². The van der Waals surface area contributed by atoms with E-state index in [1.165, 1.54) is 19.3 Å². The molecule has 4 aliphatic rings. The van der Waals surface area contributed by atoms with E-state index in [1.807, 2.05) is 0 Å². The lowest BCUT2D eigenvalue weighted by molar-refractivity contribution is -0.176. The average Bonchev–Trinajstić information content (AvgIpc) is 2.52. The first-order valence-electron chi connectivity index (χ1n) is 9.36. The second kappa shape index (κ2) is 6.55. The van der Waals surface area contributed by atoms with Crippen molar-refractivity contribution in [2.24, 2.45) is 17.8 Å². The van der Waals surface area contributed by atoms with Crippen molar-refractivity contribution >= 4 is 5.91 Å². The average molecular weight is 367 g/mol. The topological polar surface area (TPSA) is 38.3 Å². The smallest absolute Gasteiger partial charge is 0.367 e. The van der Waals surface area contributed by atoms with E-state index < -0.39 is 12.8 Å². The number of carbonyl (C=O) groups is 1. The maximum Gasteiger partial charge on any atom is 0.411 e. The second-order valence-corrected chi connectivity index (χ2v) is 8.46. The Morgan fingerprint density at radius 2 is 1.58 bits per heavy atom. The third-order valence-electron chi connectivity index (χ3n) is 6.17. The summed E-state index contributed by atoms with van der Waals surface area (Å²) >= 11 is 0. The molecule has 4 fully saturated rings. The minimum Gasteiger partial charge on any atom is -0.367 e. The fraction of sp³-hybridized carbons (Fsp3) is 0.650. The molecule has 4 aliphatic carbocycles. The number of amides is 1. The molecular formula is C20H24F3NO2. The number of ether oxygens (including phenoxy) is 1. The summed E-state index contributed by atoms with van der Waals surface area (Å²) in [4.78, 5) is 12.7. The van der Waals surface area contributed by atoms with E-state index in [0.717, 1.165) is 37.0 Å². The van der Waals surface area contributed by atoms with E-state index in [0.29, 0.717) is 11.1 Å². The highest BCUT2D eigenvalue weighted by Crippen LogP contribution is 2.55. The molecule has 1 amide bonds. The zero-order valence-corrected chi connectivity index (χ0v) is 14.6. The lowest BCUT2D eigenvalue weighted by atomic mass is 9.53. The summed E-state index contributed by atoms with van der Waals surface area (Å²) in [5.74, 6) is 2.20. The third-order valence-corrected chi connectivity index (χ3v) is 6.17. The van der Waals surface area contributed by atoms with E-state index in [1.54, 1.807) is 24.3 Å². The molecule has 1 aromatic carbocycles. The van der Waals surface area contributed by atoms with Gasteiger partial charge >= 0.3 is 6.18 Å². The Kier molecular flexibility index (Phi) is 4.49. The van der Waals surface area contributed by atoms with Crippen LogP contribution in [0.1, 0.15) is 54.4 Å². The van der Waals surface area contributed by atoms with Gasteiger partial charge in [-0.3, -0.25) is 4.79 Å². The van der Waals surface area contributed by atoms with Crippen molar-refractivity contribution in [2.75, 3.05) is 6.61 Å². The third kappa shape index (κ3) is 3.90. The minimum absolute atomic E-state index is 0.0413. The van der Waals surface area contributed by atoms with Crippen LogP contribution in [0, 0.1) is 17.8 Å². The Morgan fingerprint density at radius 1 is 1.04 bits per heavy atom. The first kappa shape index (κ1) is 17.8. The zero-order valence-electron chi connectivity index (χ0n) is 14.6. The standard InChI is InChI=1S/C20H24F3NO2/c21-20(22,23)12-26-11-13-1-3-17(4-2-13)18(25)24-19-8-14-5-15(9-19)7-16(6-14)10-19/h1-4,14-16H,5-12H2,(H,24,25). The highest BCUT2D eigenvalue weighted by Gasteiger charge is 2.51. The fourth-order valence-electron chi connectivity index (χ4n) is 5.61. The number of nitrogens with one attached hydrogen (secondary N) is 1. The summed E-state index contributed by atoms with van der Waals surface area (Å²) in [7, 11) is 0. The molecule has 4 bridgehead atoms. The lowest BCUT2D eigenvalue weighted by Gasteiger charge is -2.56. The van der Waals surface area contributed by atoms with Crippen molar-refractivity contribution in [2.45, 2.75) is 56.8 Å². The molecule has 0 spiro atoms. The molecule has 0 saturated heterocycles. The van der Waals surface area contributed by atoms with Gasteiger partial charge in [-0.15, -0.1) is 0 Å². The van der Waals surface area contributed by atoms with Crippen LogP contribution in [0.25, 0.3) is 0 Å². The zero-order chi connectivity index (χ0) is 18.4. The number of benzene rings is 1. The van der Waals surface area contributed by atoms with Crippen LogP contribution in [-0.2, 0) is 11.3 Å². The minimum atomic E-state index is -4.32. The van der Waals surface area contributed by atoms with Crippen molar-refractivity contribution in [3.05, 3.63) is 35.4 Å². The first-order chi connectivity index (χ1) is 12.3. The molecule has 6 heteroatoms. The summed E-state index contributed by atoms with van der Waals surface area (Å²) in [6.45, 7) is -1.38. The number of halogens is 3. The van der Waals surface area contributed by atoms with Gasteiger partial charge in [0.05, 0.1) is 6.61 Å². The van der Waals surface area contributed by atoms with Gasteiger partial charge < -0.3 is 10.1 Å². The highest BCUT2D eigenvalue weighted by atomic mass is 19.4. The van der Waals surface area contributed by atoms with Crippen molar-refractivity contribution in [1.29, 1.82) is 0 Å². The van der Waals surface area contributed by atoms with Crippen LogP contribution in [0.3, 0.4) is 0 Å². The van der Waals surface area contributed by atoms with E-state index in [-0.39, 0.29) is 18.1 Å². The molecule has 0 heterocycles. The van der Waals surface area contributed by atoms with Crippen molar-refractivity contribution in [3.63, 3.8) is 0 Å².